The summed E-state index contributed by atoms with van der Waals surface area (Å²) in [5.74, 6) is 0.894. The first-order valence-electron chi connectivity index (χ1n) is 4.20. The minimum absolute atomic E-state index is 0.0655. The zero-order chi connectivity index (χ0) is 9.10. The average molecular weight is 200 g/mol. The third-order valence-electron chi connectivity index (χ3n) is 1.97. The van der Waals surface area contributed by atoms with Crippen LogP contribution in [0.1, 0.15) is 0 Å². The van der Waals surface area contributed by atoms with Gasteiger partial charge in [0.15, 0.2) is 0 Å². The van der Waals surface area contributed by atoms with E-state index in [1.807, 2.05) is 17.2 Å². The maximum absolute atomic E-state index is 8.87. The Kier molecular flexibility index (Phi) is 2.87. The molecule has 0 aromatic carbocycles. The van der Waals surface area contributed by atoms with Gasteiger partial charge in [-0.05, 0) is 6.08 Å². The molecule has 2 unspecified atom stereocenters. The monoisotopic (exact) mass is 200 g/mol. The fourth-order valence-corrected chi connectivity index (χ4v) is 2.26. The molecular formula is C8H12N2O2S. The van der Waals surface area contributed by atoms with Crippen LogP contribution in [0.4, 0.5) is 0 Å². The van der Waals surface area contributed by atoms with Crippen molar-refractivity contribution >= 4 is 18.0 Å². The second-order valence-electron chi connectivity index (χ2n) is 2.87. The predicted molar refractivity (Wildman–Crippen MR) is 52.5 cm³/mol. The minimum Gasteiger partial charge on any atom is -0.393 e. The van der Waals surface area contributed by atoms with Crippen LogP contribution >= 0.6 is 11.8 Å². The Balaban J connectivity index is 1.88. The molecule has 1 N–H and O–H groups in total. The highest BCUT2D eigenvalue weighted by molar-refractivity contribution is 8.00. The summed E-state index contributed by atoms with van der Waals surface area (Å²) < 4.78 is 5.56. The van der Waals surface area contributed by atoms with Crippen LogP contribution in [-0.4, -0.2) is 46.9 Å². The number of nitrogens with zero attached hydrogens (tertiary/aromatic N) is 2. The Hall–Kier alpha value is -0.520. The van der Waals surface area contributed by atoms with Gasteiger partial charge in [0.1, 0.15) is 18.3 Å². The first-order valence-corrected chi connectivity index (χ1v) is 5.25. The van der Waals surface area contributed by atoms with Crippen LogP contribution in [-0.2, 0) is 4.74 Å². The first kappa shape index (κ1) is 9.05. The van der Waals surface area contributed by atoms with Gasteiger partial charge in [0.05, 0.1) is 6.61 Å². The molecule has 4 nitrogen and oxygen atoms in total. The van der Waals surface area contributed by atoms with Crippen molar-refractivity contribution in [2.45, 2.75) is 11.7 Å². The second kappa shape index (κ2) is 4.13. The number of aliphatic hydroxyl groups is 1. The molecule has 2 heterocycles. The maximum Gasteiger partial charge on any atom is 0.141 e. The van der Waals surface area contributed by atoms with Crippen molar-refractivity contribution in [3.05, 3.63) is 12.3 Å². The van der Waals surface area contributed by atoms with Gasteiger partial charge in [-0.1, -0.05) is 0 Å². The number of hydrogen-bond acceptors (Lipinski definition) is 5. The van der Waals surface area contributed by atoms with E-state index in [9.17, 15) is 0 Å². The summed E-state index contributed by atoms with van der Waals surface area (Å²) in [7, 11) is 0. The SMILES string of the molecule is OCC1OC(N2C=CC=NC2)CS1. The summed E-state index contributed by atoms with van der Waals surface area (Å²) in [5.41, 5.74) is -0.0655. The van der Waals surface area contributed by atoms with Crippen LogP contribution in [0, 0.1) is 0 Å². The van der Waals surface area contributed by atoms with Crippen molar-refractivity contribution in [1.29, 1.82) is 0 Å². The van der Waals surface area contributed by atoms with Crippen molar-refractivity contribution in [3.8, 4) is 0 Å². The van der Waals surface area contributed by atoms with E-state index in [1.165, 1.54) is 0 Å². The van der Waals surface area contributed by atoms with E-state index in [-0.39, 0.29) is 18.3 Å². The van der Waals surface area contributed by atoms with Gasteiger partial charge < -0.3 is 14.7 Å². The quantitative estimate of drug-likeness (QED) is 0.694. The molecule has 1 saturated heterocycles. The molecule has 2 aliphatic rings. The van der Waals surface area contributed by atoms with Crippen LogP contribution in [0.2, 0.25) is 0 Å². The highest BCUT2D eigenvalue weighted by atomic mass is 32.2. The van der Waals surface area contributed by atoms with E-state index in [4.69, 9.17) is 9.84 Å². The van der Waals surface area contributed by atoms with E-state index in [0.29, 0.717) is 6.67 Å². The molecule has 2 atom stereocenters. The standard InChI is InChI=1S/C8H12N2O2S/c11-4-8-12-7(5-13-8)10-3-1-2-9-6-10/h1-3,7-8,11H,4-6H2. The molecule has 0 spiro atoms. The van der Waals surface area contributed by atoms with Crippen LogP contribution in [0.25, 0.3) is 0 Å². The van der Waals surface area contributed by atoms with E-state index in [1.54, 1.807) is 18.0 Å². The van der Waals surface area contributed by atoms with E-state index >= 15 is 0 Å². The van der Waals surface area contributed by atoms with E-state index in [0.717, 1.165) is 5.75 Å². The fraction of sp³-hybridized carbons (Fsp3) is 0.625. The largest absolute Gasteiger partial charge is 0.393 e. The smallest absolute Gasteiger partial charge is 0.141 e. The van der Waals surface area contributed by atoms with Crippen LogP contribution < -0.4 is 0 Å². The summed E-state index contributed by atoms with van der Waals surface area (Å²) in [6.45, 7) is 0.738. The summed E-state index contributed by atoms with van der Waals surface area (Å²) >= 11 is 1.64. The molecule has 5 heteroatoms. The molecule has 0 amide bonds. The van der Waals surface area contributed by atoms with Gasteiger partial charge in [0.25, 0.3) is 0 Å². The van der Waals surface area contributed by atoms with Crippen molar-refractivity contribution < 1.29 is 9.84 Å². The molecule has 13 heavy (non-hydrogen) atoms. The van der Waals surface area contributed by atoms with Crippen molar-refractivity contribution in [2.75, 3.05) is 19.0 Å². The molecule has 0 radical (unpaired) electrons. The highest BCUT2D eigenvalue weighted by Gasteiger charge is 2.28. The van der Waals surface area contributed by atoms with Gasteiger partial charge in [-0.15, -0.1) is 11.8 Å². The lowest BCUT2D eigenvalue weighted by molar-refractivity contribution is -0.0351. The zero-order valence-corrected chi connectivity index (χ0v) is 7.98. The molecule has 2 rings (SSSR count). The van der Waals surface area contributed by atoms with Crippen molar-refractivity contribution in [2.24, 2.45) is 4.99 Å². The molecule has 1 fully saturated rings. The molecule has 0 bridgehead atoms. The first-order chi connectivity index (χ1) is 6.40. The summed E-state index contributed by atoms with van der Waals surface area (Å²) in [6.07, 6.45) is 5.71. The average Bonchev–Trinajstić information content (AvgIpc) is 2.67. The lowest BCUT2D eigenvalue weighted by atomic mass is 10.5. The minimum atomic E-state index is -0.0655. The van der Waals surface area contributed by atoms with Crippen molar-refractivity contribution in [3.63, 3.8) is 0 Å². The Morgan fingerprint density at radius 3 is 3.23 bits per heavy atom. The second-order valence-corrected chi connectivity index (χ2v) is 4.06. The third kappa shape index (κ3) is 2.04. The molecule has 0 saturated carbocycles. The molecular weight excluding hydrogens is 188 g/mol. The summed E-state index contributed by atoms with van der Waals surface area (Å²) in [4.78, 5) is 6.15. The maximum atomic E-state index is 8.87. The lowest BCUT2D eigenvalue weighted by Gasteiger charge is -2.25. The van der Waals surface area contributed by atoms with E-state index < -0.39 is 0 Å². The number of allylic oxidation sites excluding steroid dienone is 1. The van der Waals surface area contributed by atoms with Crippen LogP contribution in [0.5, 0.6) is 0 Å². The molecule has 72 valence electrons. The van der Waals surface area contributed by atoms with Gasteiger partial charge in [-0.3, -0.25) is 4.99 Å². The Bertz CT molecular complexity index is 232. The zero-order valence-electron chi connectivity index (χ0n) is 7.17. The number of hydrogen-bond donors (Lipinski definition) is 1. The van der Waals surface area contributed by atoms with Gasteiger partial charge in [-0.25, -0.2) is 0 Å². The van der Waals surface area contributed by atoms with Gasteiger partial charge in [0, 0.05) is 18.2 Å². The van der Waals surface area contributed by atoms with Crippen molar-refractivity contribution in [1.82, 2.24) is 4.90 Å². The lowest BCUT2D eigenvalue weighted by Crippen LogP contribution is -2.34. The summed E-state index contributed by atoms with van der Waals surface area (Å²) in [6, 6.07) is 0. The Morgan fingerprint density at radius 2 is 2.62 bits per heavy atom. The fourth-order valence-electron chi connectivity index (χ4n) is 1.30. The molecule has 0 aromatic rings. The molecule has 0 aromatic heterocycles. The van der Waals surface area contributed by atoms with E-state index in [2.05, 4.69) is 4.99 Å². The number of aliphatic imine (C=N–C) groups is 1. The van der Waals surface area contributed by atoms with Gasteiger partial charge in [-0.2, -0.15) is 0 Å². The predicted octanol–water partition coefficient (Wildman–Crippen LogP) is 0.252. The number of ether oxygens (including phenoxy) is 1. The van der Waals surface area contributed by atoms with Crippen LogP contribution in [0.3, 0.4) is 0 Å². The van der Waals surface area contributed by atoms with Crippen LogP contribution in [0.15, 0.2) is 17.3 Å². The normalized spacial score (nSPS) is 32.8. The topological polar surface area (TPSA) is 45.1 Å². The Labute approximate surface area is 81.3 Å². The number of thioether (sulfide) groups is 1. The highest BCUT2D eigenvalue weighted by Crippen LogP contribution is 2.27. The Morgan fingerprint density at radius 1 is 1.69 bits per heavy atom. The number of aliphatic hydroxyl groups excluding tert-OH is 1. The molecule has 0 aliphatic carbocycles. The molecule has 2 aliphatic heterocycles. The van der Waals surface area contributed by atoms with Gasteiger partial charge in [0.2, 0.25) is 0 Å². The third-order valence-corrected chi connectivity index (χ3v) is 3.08. The van der Waals surface area contributed by atoms with Gasteiger partial charge >= 0.3 is 0 Å². The number of rotatable bonds is 2. The summed E-state index contributed by atoms with van der Waals surface area (Å²) in [5, 5.41) is 8.87.